The van der Waals surface area contributed by atoms with Gasteiger partial charge in [0.15, 0.2) is 5.78 Å². The molecule has 0 unspecified atom stereocenters. The van der Waals surface area contributed by atoms with Gasteiger partial charge in [0.1, 0.15) is 17.8 Å². The Morgan fingerprint density at radius 2 is 1.86 bits per heavy atom. The van der Waals surface area contributed by atoms with Crippen molar-refractivity contribution in [1.82, 2.24) is 20.5 Å². The number of nitrogens with one attached hydrogen (secondary N) is 3. The number of benzene rings is 1. The van der Waals surface area contributed by atoms with Gasteiger partial charge in [0.2, 0.25) is 11.8 Å². The van der Waals surface area contributed by atoms with Crippen molar-refractivity contribution in [2.75, 3.05) is 12.4 Å². The average molecular weight is 529 g/mol. The van der Waals surface area contributed by atoms with Crippen molar-refractivity contribution < 1.29 is 19.2 Å². The Bertz CT molecular complexity index is 1240. The van der Waals surface area contributed by atoms with Gasteiger partial charge >= 0.3 is 0 Å². The molecule has 2 aromatic rings. The van der Waals surface area contributed by atoms with Crippen molar-refractivity contribution in [1.29, 1.82) is 0 Å². The number of rotatable bonds is 9. The molecule has 1 aliphatic carbocycles. The van der Waals surface area contributed by atoms with Crippen LogP contribution in [0.15, 0.2) is 24.3 Å². The van der Waals surface area contributed by atoms with Gasteiger partial charge in [-0.1, -0.05) is 39.8 Å². The number of aryl methyl sites for hydroxylation is 1. The molecule has 1 saturated heterocycles. The topological polar surface area (TPSA) is 111 Å². The molecule has 1 aromatic carbocycles. The number of fused-ring (bicyclic) bond motifs is 2. The van der Waals surface area contributed by atoms with Crippen LogP contribution in [0, 0.1) is 30.1 Å². The van der Waals surface area contributed by atoms with Gasteiger partial charge in [-0.05, 0) is 61.1 Å². The predicted molar refractivity (Wildman–Crippen MR) is 143 cm³/mol. The second-order valence-electron chi connectivity index (χ2n) is 11.6. The third-order valence-corrected chi connectivity index (χ3v) is 8.43. The maximum absolute atomic E-state index is 13.9. The zero-order valence-electron chi connectivity index (χ0n) is 22.4. The quantitative estimate of drug-likeness (QED) is 0.433. The highest BCUT2D eigenvalue weighted by Gasteiger charge is 2.69. The van der Waals surface area contributed by atoms with Crippen molar-refractivity contribution >= 4 is 46.0 Å². The van der Waals surface area contributed by atoms with E-state index in [-0.39, 0.29) is 52.6 Å². The van der Waals surface area contributed by atoms with Gasteiger partial charge in [0.05, 0.1) is 11.9 Å². The first-order chi connectivity index (χ1) is 17.4. The Kier molecular flexibility index (Phi) is 7.43. The van der Waals surface area contributed by atoms with Gasteiger partial charge in [0.25, 0.3) is 5.91 Å². The largest absolute Gasteiger partial charge is 0.351 e. The van der Waals surface area contributed by atoms with E-state index < -0.39 is 18.1 Å². The highest BCUT2D eigenvalue weighted by Crippen LogP contribution is 2.64. The number of halogens is 1. The summed E-state index contributed by atoms with van der Waals surface area (Å²) in [4.78, 5) is 57.2. The molecular formula is C28H37ClN4O4. The van der Waals surface area contributed by atoms with E-state index in [1.807, 2.05) is 39.0 Å². The standard InChI is InChI=1S/C28H37ClN4O4/c1-14(2)10-21(32-25(35)20-11-17-15(3)8-7-9-19(17)31-20)27(37)33-13-18-23(28(18,5)6)24(33)26(36)30-16(4)22(34)12-29/h7-9,11,14,16,18,21,23-24,31H,10,12-13H2,1-6H3,(H,30,36)(H,32,35)/t16-,18-,21-,23-,24-/m0/s1. The van der Waals surface area contributed by atoms with Crippen molar-refractivity contribution in [2.24, 2.45) is 23.2 Å². The van der Waals surface area contributed by atoms with Gasteiger partial charge in [-0.15, -0.1) is 11.6 Å². The zero-order chi connectivity index (χ0) is 27.2. The number of ketones is 1. The molecule has 4 rings (SSSR count). The first-order valence-corrected chi connectivity index (χ1v) is 13.5. The van der Waals surface area contributed by atoms with Gasteiger partial charge in [-0.2, -0.15) is 0 Å². The molecule has 37 heavy (non-hydrogen) atoms. The van der Waals surface area contributed by atoms with Crippen LogP contribution in [0.2, 0.25) is 0 Å². The van der Waals surface area contributed by atoms with Crippen LogP contribution in [0.25, 0.3) is 10.9 Å². The predicted octanol–water partition coefficient (Wildman–Crippen LogP) is 3.42. The minimum Gasteiger partial charge on any atom is -0.351 e. The fraction of sp³-hybridized carbons (Fsp3) is 0.571. The number of carbonyl (C=O) groups excluding carboxylic acids is 4. The number of Topliss-reactive ketones (excluding diaryl/α,β-unsaturated/α-hetero) is 1. The molecule has 2 aliphatic rings. The summed E-state index contributed by atoms with van der Waals surface area (Å²) >= 11 is 5.67. The van der Waals surface area contributed by atoms with E-state index in [0.717, 1.165) is 16.5 Å². The van der Waals surface area contributed by atoms with Gasteiger partial charge < -0.3 is 20.5 Å². The minimum absolute atomic E-state index is 0.00170. The third kappa shape index (κ3) is 5.13. The first kappa shape index (κ1) is 27.2. The third-order valence-electron chi connectivity index (χ3n) is 8.17. The van der Waals surface area contributed by atoms with E-state index in [1.54, 1.807) is 17.9 Å². The van der Waals surface area contributed by atoms with Crippen LogP contribution < -0.4 is 10.6 Å². The molecule has 0 spiro atoms. The molecule has 5 atom stereocenters. The van der Waals surface area contributed by atoms with Crippen molar-refractivity contribution in [2.45, 2.75) is 66.1 Å². The molecule has 2 heterocycles. The van der Waals surface area contributed by atoms with Crippen LogP contribution in [-0.4, -0.2) is 63.9 Å². The highest BCUT2D eigenvalue weighted by molar-refractivity contribution is 6.28. The Hall–Kier alpha value is -2.87. The average Bonchev–Trinajstić information content (AvgIpc) is 3.23. The Morgan fingerprint density at radius 3 is 2.49 bits per heavy atom. The van der Waals surface area contributed by atoms with Crippen LogP contribution in [0.4, 0.5) is 0 Å². The fourth-order valence-electron chi connectivity index (χ4n) is 5.87. The summed E-state index contributed by atoms with van der Waals surface area (Å²) in [7, 11) is 0. The molecule has 8 nitrogen and oxygen atoms in total. The summed E-state index contributed by atoms with van der Waals surface area (Å²) in [5.74, 6) is -1.12. The maximum atomic E-state index is 13.9. The highest BCUT2D eigenvalue weighted by atomic mass is 35.5. The summed E-state index contributed by atoms with van der Waals surface area (Å²) in [5, 5.41) is 6.65. The number of alkyl halides is 1. The molecule has 3 N–H and O–H groups in total. The number of aromatic amines is 1. The monoisotopic (exact) mass is 528 g/mol. The van der Waals surface area contributed by atoms with E-state index in [9.17, 15) is 19.2 Å². The molecule has 1 aliphatic heterocycles. The molecule has 9 heteroatoms. The normalized spacial score (nSPS) is 23.5. The lowest BCUT2D eigenvalue weighted by Crippen LogP contribution is -2.57. The number of aromatic nitrogens is 1. The summed E-state index contributed by atoms with van der Waals surface area (Å²) in [6.07, 6.45) is 0.439. The minimum atomic E-state index is -0.780. The molecule has 2 fully saturated rings. The molecule has 1 saturated carbocycles. The van der Waals surface area contributed by atoms with Crippen LogP contribution >= 0.6 is 11.6 Å². The molecule has 200 valence electrons. The lowest BCUT2D eigenvalue weighted by atomic mass is 9.97. The van der Waals surface area contributed by atoms with E-state index in [4.69, 9.17) is 11.6 Å². The summed E-state index contributed by atoms with van der Waals surface area (Å²) < 4.78 is 0. The fourth-order valence-corrected chi connectivity index (χ4v) is 6.10. The lowest BCUT2D eigenvalue weighted by molar-refractivity contribution is -0.142. The molecule has 1 aromatic heterocycles. The number of piperidine rings is 1. The van der Waals surface area contributed by atoms with E-state index in [0.29, 0.717) is 18.7 Å². The summed E-state index contributed by atoms with van der Waals surface area (Å²) in [5.41, 5.74) is 2.23. The SMILES string of the molecule is Cc1cccc2[nH]c(C(=O)N[C@@H](CC(C)C)C(=O)N3C[C@H]4[C@@H]([C@H]3C(=O)N[C@@H](C)C(=O)CCl)C4(C)C)cc12. The number of nitrogens with zero attached hydrogens (tertiary/aromatic N) is 1. The Morgan fingerprint density at radius 1 is 1.16 bits per heavy atom. The number of hydrogen-bond donors (Lipinski definition) is 3. The van der Waals surface area contributed by atoms with E-state index in [2.05, 4.69) is 29.5 Å². The van der Waals surface area contributed by atoms with Crippen molar-refractivity contribution in [3.05, 3.63) is 35.5 Å². The van der Waals surface area contributed by atoms with Crippen LogP contribution in [0.1, 0.15) is 57.1 Å². The van der Waals surface area contributed by atoms with E-state index in [1.165, 1.54) is 0 Å². The number of amides is 3. The van der Waals surface area contributed by atoms with Crippen molar-refractivity contribution in [3.8, 4) is 0 Å². The number of H-pyrrole nitrogens is 1. The lowest BCUT2D eigenvalue weighted by Gasteiger charge is -2.34. The number of hydrogen-bond acceptors (Lipinski definition) is 4. The smallest absolute Gasteiger partial charge is 0.268 e. The number of likely N-dealkylation sites (tertiary alicyclic amines) is 1. The molecule has 3 amide bonds. The van der Waals surface area contributed by atoms with E-state index >= 15 is 0 Å². The second-order valence-corrected chi connectivity index (χ2v) is 11.9. The maximum Gasteiger partial charge on any atom is 0.268 e. The van der Waals surface area contributed by atoms with Crippen LogP contribution in [0.5, 0.6) is 0 Å². The van der Waals surface area contributed by atoms with Crippen LogP contribution in [-0.2, 0) is 14.4 Å². The second kappa shape index (κ2) is 10.1. The Labute approximate surface area is 222 Å². The molecule has 0 bridgehead atoms. The first-order valence-electron chi connectivity index (χ1n) is 13.0. The number of carbonyl (C=O) groups is 4. The van der Waals surface area contributed by atoms with Gasteiger partial charge in [-0.3, -0.25) is 19.2 Å². The summed E-state index contributed by atoms with van der Waals surface area (Å²) in [6, 6.07) is 5.41. The molecular weight excluding hydrogens is 492 g/mol. The molecule has 0 radical (unpaired) electrons. The zero-order valence-corrected chi connectivity index (χ0v) is 23.1. The van der Waals surface area contributed by atoms with Gasteiger partial charge in [-0.25, -0.2) is 0 Å². The van der Waals surface area contributed by atoms with Crippen LogP contribution in [0.3, 0.4) is 0 Å². The summed E-state index contributed by atoms with van der Waals surface area (Å²) in [6.45, 7) is 12.2. The van der Waals surface area contributed by atoms with Crippen molar-refractivity contribution in [3.63, 3.8) is 0 Å². The Balaban J connectivity index is 1.56. The van der Waals surface area contributed by atoms with Gasteiger partial charge in [0, 0.05) is 17.4 Å².